The second kappa shape index (κ2) is 6.31. The van der Waals surface area contributed by atoms with Gasteiger partial charge in [-0.15, -0.1) is 0 Å². The van der Waals surface area contributed by atoms with E-state index >= 15 is 0 Å². The van der Waals surface area contributed by atoms with Crippen molar-refractivity contribution in [2.24, 2.45) is 16.7 Å². The van der Waals surface area contributed by atoms with Crippen molar-refractivity contribution in [3.05, 3.63) is 29.8 Å². The highest BCUT2D eigenvalue weighted by Crippen LogP contribution is 2.64. The summed E-state index contributed by atoms with van der Waals surface area (Å²) < 4.78 is 28.1. The predicted octanol–water partition coefficient (Wildman–Crippen LogP) is 2.84. The zero-order chi connectivity index (χ0) is 19.4. The molecule has 2 bridgehead atoms. The van der Waals surface area contributed by atoms with Crippen LogP contribution in [0.25, 0.3) is 0 Å². The Balaban J connectivity index is 1.48. The molecular formula is C21H30N2O3S. The Morgan fingerprint density at radius 3 is 2.33 bits per heavy atom. The molecule has 6 heteroatoms. The fourth-order valence-corrected chi connectivity index (χ4v) is 7.84. The van der Waals surface area contributed by atoms with Gasteiger partial charge in [-0.1, -0.05) is 32.0 Å². The van der Waals surface area contributed by atoms with Gasteiger partial charge in [-0.05, 0) is 42.7 Å². The van der Waals surface area contributed by atoms with E-state index in [1.54, 1.807) is 4.31 Å². The average Bonchev–Trinajstić information content (AvgIpc) is 2.96. The number of ketones is 1. The third-order valence-corrected chi connectivity index (χ3v) is 9.67. The molecular weight excluding hydrogens is 360 g/mol. The summed E-state index contributed by atoms with van der Waals surface area (Å²) in [4.78, 5) is 15.0. The first kappa shape index (κ1) is 18.9. The minimum absolute atomic E-state index is 0.00724. The maximum Gasteiger partial charge on any atom is 0.215 e. The van der Waals surface area contributed by atoms with Gasteiger partial charge in [0.1, 0.15) is 5.78 Å². The molecule has 0 N–H and O–H groups in total. The number of hydrogen-bond donors (Lipinski definition) is 0. The monoisotopic (exact) mass is 390 g/mol. The van der Waals surface area contributed by atoms with Crippen LogP contribution in [0.1, 0.15) is 38.7 Å². The van der Waals surface area contributed by atoms with E-state index in [1.165, 1.54) is 11.3 Å². The molecule has 0 radical (unpaired) electrons. The Hall–Kier alpha value is -1.40. The molecule has 27 heavy (non-hydrogen) atoms. The molecule has 3 aliphatic rings. The highest BCUT2D eigenvalue weighted by Gasteiger charge is 2.65. The summed E-state index contributed by atoms with van der Waals surface area (Å²) in [5.74, 6) is 0.510. The second-order valence-electron chi connectivity index (χ2n) is 9.10. The first-order valence-corrected chi connectivity index (χ1v) is 11.6. The number of sulfonamides is 1. The predicted molar refractivity (Wildman–Crippen MR) is 107 cm³/mol. The molecule has 0 unspecified atom stereocenters. The Labute approximate surface area is 162 Å². The number of carbonyl (C=O) groups is 1. The van der Waals surface area contributed by atoms with E-state index < -0.39 is 15.4 Å². The lowest BCUT2D eigenvalue weighted by Crippen LogP contribution is -2.52. The van der Waals surface area contributed by atoms with Crippen LogP contribution in [0.3, 0.4) is 0 Å². The fourth-order valence-electron chi connectivity index (χ4n) is 5.64. The molecule has 1 saturated heterocycles. The first-order chi connectivity index (χ1) is 12.7. The van der Waals surface area contributed by atoms with E-state index in [4.69, 9.17) is 0 Å². The van der Waals surface area contributed by atoms with Gasteiger partial charge in [0.05, 0.1) is 5.75 Å². The van der Waals surface area contributed by atoms with Gasteiger partial charge in [-0.2, -0.15) is 4.31 Å². The van der Waals surface area contributed by atoms with E-state index in [0.29, 0.717) is 38.5 Å². The van der Waals surface area contributed by atoms with E-state index in [2.05, 4.69) is 37.8 Å². The van der Waals surface area contributed by atoms with Crippen LogP contribution in [0.2, 0.25) is 0 Å². The molecule has 2 aliphatic carbocycles. The van der Waals surface area contributed by atoms with Gasteiger partial charge >= 0.3 is 0 Å². The SMILES string of the molecule is Cc1ccccc1N1CCN(S(=O)(=O)C[C@@]23CC[C@@H](CC2=O)C3(C)C)CC1. The van der Waals surface area contributed by atoms with Gasteiger partial charge in [0.25, 0.3) is 0 Å². The van der Waals surface area contributed by atoms with E-state index in [9.17, 15) is 13.2 Å². The minimum atomic E-state index is -3.44. The van der Waals surface area contributed by atoms with Crippen LogP contribution < -0.4 is 4.90 Å². The lowest BCUT2D eigenvalue weighted by Gasteiger charge is -2.40. The number of para-hydroxylation sites is 1. The molecule has 1 heterocycles. The number of piperazine rings is 1. The van der Waals surface area contributed by atoms with Crippen LogP contribution in [0.4, 0.5) is 5.69 Å². The van der Waals surface area contributed by atoms with Gasteiger partial charge in [-0.3, -0.25) is 4.79 Å². The summed E-state index contributed by atoms with van der Waals surface area (Å²) in [6.45, 7) is 8.65. The summed E-state index contributed by atoms with van der Waals surface area (Å²) in [5, 5.41) is 0. The van der Waals surface area contributed by atoms with Crippen LogP contribution in [0, 0.1) is 23.7 Å². The lowest BCUT2D eigenvalue weighted by molar-refractivity contribution is -0.128. The van der Waals surface area contributed by atoms with Gasteiger partial charge in [0.15, 0.2) is 0 Å². The molecule has 0 amide bonds. The summed E-state index contributed by atoms with van der Waals surface area (Å²) in [7, 11) is -3.44. The van der Waals surface area contributed by atoms with Gasteiger partial charge in [-0.25, -0.2) is 8.42 Å². The van der Waals surface area contributed by atoms with Crippen molar-refractivity contribution >= 4 is 21.5 Å². The topological polar surface area (TPSA) is 57.7 Å². The summed E-state index contributed by atoms with van der Waals surface area (Å²) in [6.07, 6.45) is 2.27. The lowest BCUT2D eigenvalue weighted by atomic mass is 9.70. The van der Waals surface area contributed by atoms with Gasteiger partial charge in [0.2, 0.25) is 10.0 Å². The number of carbonyl (C=O) groups excluding carboxylic acids is 1. The molecule has 0 aromatic heterocycles. The largest absolute Gasteiger partial charge is 0.369 e. The minimum Gasteiger partial charge on any atom is -0.369 e. The third kappa shape index (κ3) is 2.83. The number of anilines is 1. The van der Waals surface area contributed by atoms with Crippen molar-refractivity contribution in [1.82, 2.24) is 4.31 Å². The summed E-state index contributed by atoms with van der Waals surface area (Å²) in [6, 6.07) is 8.22. The highest BCUT2D eigenvalue weighted by atomic mass is 32.2. The normalized spacial score (nSPS) is 30.9. The number of rotatable bonds is 4. The standard InChI is InChI=1S/C21H30N2O3S/c1-16-6-4-5-7-18(16)22-10-12-23(13-11-22)27(25,26)15-21-9-8-17(14-19(21)24)20(21,2)3/h4-7,17H,8-15H2,1-3H3/t17-,21-/m0/s1. The molecule has 4 rings (SSSR count). The second-order valence-corrected chi connectivity index (χ2v) is 11.1. The quantitative estimate of drug-likeness (QED) is 0.793. The summed E-state index contributed by atoms with van der Waals surface area (Å²) in [5.41, 5.74) is 1.51. The van der Waals surface area contributed by atoms with E-state index in [-0.39, 0.29) is 17.0 Å². The number of Topliss-reactive ketones (excluding diaryl/α,β-unsaturated/α-hetero) is 1. The maximum atomic E-state index is 13.2. The summed E-state index contributed by atoms with van der Waals surface area (Å²) >= 11 is 0. The molecule has 2 atom stereocenters. The zero-order valence-electron chi connectivity index (χ0n) is 16.6. The van der Waals surface area contributed by atoms with Crippen molar-refractivity contribution in [1.29, 1.82) is 0 Å². The number of aryl methyl sites for hydroxylation is 1. The van der Waals surface area contributed by atoms with Crippen LogP contribution in [-0.4, -0.2) is 50.4 Å². The Kier molecular flexibility index (Phi) is 4.43. The van der Waals surface area contributed by atoms with Crippen molar-refractivity contribution in [3.8, 4) is 0 Å². The highest BCUT2D eigenvalue weighted by molar-refractivity contribution is 7.89. The van der Waals surface area contributed by atoms with Crippen LogP contribution in [0.15, 0.2) is 24.3 Å². The molecule has 3 fully saturated rings. The Morgan fingerprint density at radius 2 is 1.78 bits per heavy atom. The third-order valence-electron chi connectivity index (χ3n) is 7.66. The molecule has 0 spiro atoms. The number of hydrogen-bond acceptors (Lipinski definition) is 4. The zero-order valence-corrected chi connectivity index (χ0v) is 17.4. The van der Waals surface area contributed by atoms with Crippen molar-refractivity contribution in [2.45, 2.75) is 40.0 Å². The number of fused-ring (bicyclic) bond motifs is 2. The number of nitrogens with zero attached hydrogens (tertiary/aromatic N) is 2. The molecule has 2 saturated carbocycles. The number of benzene rings is 1. The van der Waals surface area contributed by atoms with Crippen molar-refractivity contribution in [2.75, 3.05) is 36.8 Å². The van der Waals surface area contributed by atoms with Crippen molar-refractivity contribution < 1.29 is 13.2 Å². The fraction of sp³-hybridized carbons (Fsp3) is 0.667. The molecule has 1 aromatic carbocycles. The first-order valence-electron chi connectivity index (χ1n) is 9.99. The Morgan fingerprint density at radius 1 is 1.11 bits per heavy atom. The average molecular weight is 391 g/mol. The molecule has 1 aliphatic heterocycles. The smallest absolute Gasteiger partial charge is 0.215 e. The van der Waals surface area contributed by atoms with E-state index in [0.717, 1.165) is 12.8 Å². The van der Waals surface area contributed by atoms with Crippen molar-refractivity contribution in [3.63, 3.8) is 0 Å². The van der Waals surface area contributed by atoms with Gasteiger partial charge in [0, 0.05) is 43.7 Å². The maximum absolute atomic E-state index is 13.2. The van der Waals surface area contributed by atoms with Gasteiger partial charge < -0.3 is 4.90 Å². The molecule has 1 aromatic rings. The van der Waals surface area contributed by atoms with Crippen LogP contribution >= 0.6 is 0 Å². The Bertz CT molecular complexity index is 856. The van der Waals surface area contributed by atoms with E-state index in [1.807, 2.05) is 12.1 Å². The van der Waals surface area contributed by atoms with Crippen LogP contribution in [0.5, 0.6) is 0 Å². The molecule has 148 valence electrons. The molecule has 5 nitrogen and oxygen atoms in total. The van der Waals surface area contributed by atoms with Crippen LogP contribution in [-0.2, 0) is 14.8 Å².